The summed E-state index contributed by atoms with van der Waals surface area (Å²) in [4.78, 5) is 4.63. The van der Waals surface area contributed by atoms with Crippen molar-refractivity contribution >= 4 is 45.4 Å². The van der Waals surface area contributed by atoms with Crippen molar-refractivity contribution in [3.8, 4) is 0 Å². The molecule has 1 N–H and O–H groups in total. The van der Waals surface area contributed by atoms with Crippen LogP contribution in [0.5, 0.6) is 0 Å². The van der Waals surface area contributed by atoms with Gasteiger partial charge in [-0.25, -0.2) is 0 Å². The van der Waals surface area contributed by atoms with E-state index in [1.54, 1.807) is 27.5 Å². The molecule has 0 aliphatic heterocycles. The number of aromatic nitrogens is 1. The largest absolute Gasteiger partial charge is 0.427 e. The summed E-state index contributed by atoms with van der Waals surface area (Å²) in [6, 6.07) is 18.9. The molecule has 0 atom stereocenters. The number of hydrogen-bond donors (Lipinski definition) is 1. The molecule has 1 radical (unpaired) electrons. The van der Waals surface area contributed by atoms with Crippen LogP contribution in [0.4, 0.5) is 0 Å². The van der Waals surface area contributed by atoms with E-state index in [1.165, 1.54) is 16.2 Å². The normalized spacial score (nSPS) is 12.8. The summed E-state index contributed by atoms with van der Waals surface area (Å²) in [6.07, 6.45) is 1.80. The lowest BCUT2D eigenvalue weighted by molar-refractivity contribution is -0.0893. The summed E-state index contributed by atoms with van der Waals surface area (Å²) in [5.41, 5.74) is 0.102. The Hall–Kier alpha value is -2.43. The van der Waals surface area contributed by atoms with Gasteiger partial charge in [0, 0.05) is 11.6 Å². The van der Waals surface area contributed by atoms with E-state index in [2.05, 4.69) is 53.5 Å². The zero-order valence-corrected chi connectivity index (χ0v) is 16.2. The van der Waals surface area contributed by atoms with Crippen molar-refractivity contribution in [2.75, 3.05) is 0 Å². The van der Waals surface area contributed by atoms with Crippen LogP contribution >= 0.6 is 0 Å². The lowest BCUT2D eigenvalue weighted by atomic mass is 9.80. The molecule has 3 aromatic carbocycles. The molecule has 0 unspecified atom stereocenters. The van der Waals surface area contributed by atoms with E-state index in [-0.39, 0.29) is 0 Å². The third-order valence-electron chi connectivity index (χ3n) is 5.58. The molecular weight excluding hydrogens is 333 g/mol. The van der Waals surface area contributed by atoms with Gasteiger partial charge in [0.15, 0.2) is 0 Å². The fourth-order valence-electron chi connectivity index (χ4n) is 3.23. The van der Waals surface area contributed by atoms with Crippen LogP contribution in [0.2, 0.25) is 0 Å². The molecule has 27 heavy (non-hydrogen) atoms. The molecule has 4 aromatic rings. The van der Waals surface area contributed by atoms with Crippen molar-refractivity contribution < 1.29 is 9.76 Å². The topological polar surface area (TPSA) is 42.4 Å². The number of hydrogen-bond acceptors (Lipinski definition) is 3. The smallest absolute Gasteiger partial charge is 0.333 e. The summed E-state index contributed by atoms with van der Waals surface area (Å²) in [6.45, 7) is 7.27. The molecule has 4 heteroatoms. The Morgan fingerprint density at radius 3 is 2.37 bits per heavy atom. The van der Waals surface area contributed by atoms with Crippen LogP contribution < -0.4 is 5.46 Å². The number of rotatable bonds is 4. The second-order valence-corrected chi connectivity index (χ2v) is 8.06. The third-order valence-corrected chi connectivity index (χ3v) is 5.58. The van der Waals surface area contributed by atoms with Crippen LogP contribution in [-0.2, 0) is 4.65 Å². The molecule has 0 spiro atoms. The summed E-state index contributed by atoms with van der Waals surface area (Å²) >= 11 is 0. The van der Waals surface area contributed by atoms with Crippen LogP contribution in [0, 0.1) is 0 Å². The maximum atomic E-state index is 10.4. The van der Waals surface area contributed by atoms with Crippen LogP contribution in [-0.4, -0.2) is 28.8 Å². The first-order chi connectivity index (χ1) is 12.8. The van der Waals surface area contributed by atoms with Crippen molar-refractivity contribution in [2.24, 2.45) is 0 Å². The Kier molecular flexibility index (Phi) is 4.21. The zero-order valence-electron chi connectivity index (χ0n) is 16.2. The van der Waals surface area contributed by atoms with Crippen molar-refractivity contribution in [3.05, 3.63) is 60.8 Å². The average molecular weight is 356 g/mol. The van der Waals surface area contributed by atoms with E-state index >= 15 is 0 Å². The van der Waals surface area contributed by atoms with Crippen molar-refractivity contribution in [1.29, 1.82) is 0 Å². The van der Waals surface area contributed by atoms with Gasteiger partial charge in [0.1, 0.15) is 0 Å². The van der Waals surface area contributed by atoms with Crippen molar-refractivity contribution in [1.82, 2.24) is 4.98 Å². The lowest BCUT2D eigenvalue weighted by Gasteiger charge is -2.37. The standard InChI is InChI=1S/C23H23BNO2/c1-22(2,26)23(3,4)27-24-19-14-16-12-11-15-8-5-6-9-17(15)20(16)18-10-7-13-25-21(18)19/h5-14,26H,1-4H3. The molecule has 0 fully saturated rings. The minimum absolute atomic E-state index is 0.730. The highest BCUT2D eigenvalue weighted by atomic mass is 16.5. The molecule has 0 saturated heterocycles. The van der Waals surface area contributed by atoms with Gasteiger partial charge in [-0.3, -0.25) is 4.98 Å². The number of nitrogens with zero attached hydrogens (tertiary/aromatic N) is 1. The maximum Gasteiger partial charge on any atom is 0.333 e. The molecule has 0 saturated carbocycles. The van der Waals surface area contributed by atoms with Crippen molar-refractivity contribution in [2.45, 2.75) is 38.9 Å². The molecule has 1 aromatic heterocycles. The van der Waals surface area contributed by atoms with E-state index in [4.69, 9.17) is 4.65 Å². The second-order valence-electron chi connectivity index (χ2n) is 8.06. The molecule has 135 valence electrons. The zero-order chi connectivity index (χ0) is 19.2. The van der Waals surface area contributed by atoms with Crippen LogP contribution in [0.3, 0.4) is 0 Å². The molecule has 0 aliphatic rings. The first-order valence-corrected chi connectivity index (χ1v) is 9.20. The van der Waals surface area contributed by atoms with E-state index in [9.17, 15) is 5.11 Å². The first-order valence-electron chi connectivity index (χ1n) is 9.20. The Bertz CT molecular complexity index is 1150. The maximum absolute atomic E-state index is 10.4. The summed E-state index contributed by atoms with van der Waals surface area (Å²) in [5, 5.41) is 16.2. The molecule has 4 rings (SSSR count). The summed E-state index contributed by atoms with van der Waals surface area (Å²) < 4.78 is 6.01. The quantitative estimate of drug-likeness (QED) is 0.437. The predicted octanol–water partition coefficient (Wildman–Crippen LogP) is 4.35. The predicted molar refractivity (Wildman–Crippen MR) is 114 cm³/mol. The van der Waals surface area contributed by atoms with Gasteiger partial charge in [0.05, 0.1) is 16.7 Å². The van der Waals surface area contributed by atoms with Gasteiger partial charge in [0.25, 0.3) is 0 Å². The van der Waals surface area contributed by atoms with Gasteiger partial charge < -0.3 is 9.76 Å². The van der Waals surface area contributed by atoms with Crippen molar-refractivity contribution in [3.63, 3.8) is 0 Å². The monoisotopic (exact) mass is 356 g/mol. The third kappa shape index (κ3) is 3.09. The van der Waals surface area contributed by atoms with E-state index in [0.717, 1.165) is 21.8 Å². The van der Waals surface area contributed by atoms with Gasteiger partial charge >= 0.3 is 7.48 Å². The fraction of sp³-hybridized carbons (Fsp3) is 0.261. The van der Waals surface area contributed by atoms with Gasteiger partial charge in [0.2, 0.25) is 0 Å². The SMILES string of the molecule is CC(C)(O)C(C)(C)O[B]c1cc2ccc3ccccc3c2c2cccnc12. The highest BCUT2D eigenvalue weighted by Gasteiger charge is 2.36. The minimum Gasteiger partial charge on any atom is -0.427 e. The highest BCUT2D eigenvalue weighted by Crippen LogP contribution is 2.31. The molecule has 0 aliphatic carbocycles. The van der Waals surface area contributed by atoms with Gasteiger partial charge in [-0.05, 0) is 60.8 Å². The molecule has 3 nitrogen and oxygen atoms in total. The Balaban J connectivity index is 1.91. The molecule has 0 amide bonds. The minimum atomic E-state index is -0.972. The molecular formula is C23H23BNO2. The second kappa shape index (κ2) is 6.33. The Morgan fingerprint density at radius 1 is 0.889 bits per heavy atom. The fourth-order valence-corrected chi connectivity index (χ4v) is 3.23. The van der Waals surface area contributed by atoms with E-state index in [0.29, 0.717) is 0 Å². The highest BCUT2D eigenvalue weighted by molar-refractivity contribution is 6.52. The van der Waals surface area contributed by atoms with Crippen LogP contribution in [0.15, 0.2) is 60.8 Å². The number of pyridine rings is 1. The van der Waals surface area contributed by atoms with E-state index in [1.807, 2.05) is 19.9 Å². The Labute approximate surface area is 160 Å². The van der Waals surface area contributed by atoms with E-state index < -0.39 is 11.2 Å². The lowest BCUT2D eigenvalue weighted by Crippen LogP contribution is -2.49. The number of benzene rings is 3. The van der Waals surface area contributed by atoms with Crippen LogP contribution in [0.1, 0.15) is 27.7 Å². The molecule has 0 bridgehead atoms. The summed E-state index contributed by atoms with van der Waals surface area (Å²) in [7, 11) is 1.72. The van der Waals surface area contributed by atoms with Crippen LogP contribution in [0.25, 0.3) is 32.4 Å². The summed E-state index contributed by atoms with van der Waals surface area (Å²) in [5.74, 6) is 0. The Morgan fingerprint density at radius 2 is 1.59 bits per heavy atom. The van der Waals surface area contributed by atoms with Gasteiger partial charge in [-0.2, -0.15) is 0 Å². The number of aliphatic hydroxyl groups is 1. The van der Waals surface area contributed by atoms with Gasteiger partial charge in [-0.1, -0.05) is 48.5 Å². The average Bonchev–Trinajstić information content (AvgIpc) is 2.64. The first kappa shape index (κ1) is 18.0. The molecule has 1 heterocycles. The van der Waals surface area contributed by atoms with Gasteiger partial charge in [-0.15, -0.1) is 0 Å². The number of fused-ring (bicyclic) bond motifs is 5.